The number of carbonyl (C=O) groups is 2. The summed E-state index contributed by atoms with van der Waals surface area (Å²) in [5, 5.41) is 18.5. The van der Waals surface area contributed by atoms with E-state index in [4.69, 9.17) is 5.11 Å². The molecule has 18 heavy (non-hydrogen) atoms. The first-order valence-electron chi connectivity index (χ1n) is 6.33. The van der Waals surface area contributed by atoms with Gasteiger partial charge in [0.2, 0.25) is 5.91 Å². The largest absolute Gasteiger partial charge is 0.480 e. The second-order valence-electron chi connectivity index (χ2n) is 6.26. The smallest absolute Gasteiger partial charge is 0.326 e. The Labute approximate surface area is 108 Å². The molecule has 5 heteroatoms. The Hall–Kier alpha value is -1.10. The van der Waals surface area contributed by atoms with E-state index in [2.05, 4.69) is 20.8 Å². The number of hydrogen-bond donors (Lipinski definition) is 2. The number of aliphatic hydroxyl groups is 1. The van der Waals surface area contributed by atoms with Crippen molar-refractivity contribution in [2.45, 2.75) is 52.7 Å². The van der Waals surface area contributed by atoms with Gasteiger partial charge in [-0.05, 0) is 11.3 Å². The van der Waals surface area contributed by atoms with Gasteiger partial charge >= 0.3 is 5.97 Å². The molecule has 1 amide bonds. The van der Waals surface area contributed by atoms with E-state index in [0.717, 1.165) is 0 Å². The third-order valence-corrected chi connectivity index (χ3v) is 3.84. The van der Waals surface area contributed by atoms with Crippen molar-refractivity contribution in [2.75, 3.05) is 6.54 Å². The van der Waals surface area contributed by atoms with E-state index >= 15 is 0 Å². The molecule has 0 aromatic carbocycles. The van der Waals surface area contributed by atoms with Crippen LogP contribution in [0.25, 0.3) is 0 Å². The molecular weight excluding hydrogens is 234 g/mol. The third-order valence-electron chi connectivity index (χ3n) is 3.84. The Bertz CT molecular complexity index is 334. The molecule has 1 fully saturated rings. The molecule has 1 rings (SSSR count). The topological polar surface area (TPSA) is 77.8 Å². The van der Waals surface area contributed by atoms with Crippen molar-refractivity contribution in [3.63, 3.8) is 0 Å². The molecule has 1 saturated heterocycles. The van der Waals surface area contributed by atoms with Crippen molar-refractivity contribution in [2.24, 2.45) is 11.3 Å². The molecule has 0 aromatic heterocycles. The van der Waals surface area contributed by atoms with E-state index in [-0.39, 0.29) is 30.2 Å². The lowest BCUT2D eigenvalue weighted by Gasteiger charge is -2.29. The van der Waals surface area contributed by atoms with Crippen LogP contribution >= 0.6 is 0 Å². The zero-order valence-electron chi connectivity index (χ0n) is 11.5. The van der Waals surface area contributed by atoms with E-state index in [0.29, 0.717) is 6.42 Å². The van der Waals surface area contributed by atoms with E-state index in [1.807, 2.05) is 6.92 Å². The average molecular weight is 257 g/mol. The summed E-state index contributed by atoms with van der Waals surface area (Å²) in [6.07, 6.45) is -0.273. The normalized spacial score (nSPS) is 26.2. The maximum absolute atomic E-state index is 12.1. The lowest BCUT2D eigenvalue weighted by molar-refractivity contribution is -0.148. The SMILES string of the molecule is CC(CC(=O)N1CC(O)C[C@H]1C(=O)O)C(C)(C)C. The number of hydrogen-bond acceptors (Lipinski definition) is 3. The molecule has 0 radical (unpaired) electrons. The maximum Gasteiger partial charge on any atom is 0.326 e. The lowest BCUT2D eigenvalue weighted by atomic mass is 9.80. The van der Waals surface area contributed by atoms with E-state index < -0.39 is 18.1 Å². The minimum Gasteiger partial charge on any atom is -0.480 e. The number of aliphatic carboxylic acids is 1. The molecule has 1 heterocycles. The van der Waals surface area contributed by atoms with Crippen LogP contribution in [-0.2, 0) is 9.59 Å². The van der Waals surface area contributed by atoms with Gasteiger partial charge in [0.25, 0.3) is 0 Å². The molecule has 104 valence electrons. The summed E-state index contributed by atoms with van der Waals surface area (Å²) in [5.74, 6) is -1.05. The lowest BCUT2D eigenvalue weighted by Crippen LogP contribution is -2.41. The number of rotatable bonds is 3. The quantitative estimate of drug-likeness (QED) is 0.793. The molecule has 0 saturated carbocycles. The summed E-state index contributed by atoms with van der Waals surface area (Å²) in [4.78, 5) is 24.5. The van der Waals surface area contributed by atoms with Crippen LogP contribution in [0.3, 0.4) is 0 Å². The van der Waals surface area contributed by atoms with Crippen molar-refractivity contribution < 1.29 is 19.8 Å². The number of carboxylic acids is 1. The van der Waals surface area contributed by atoms with Gasteiger partial charge in [-0.25, -0.2) is 4.79 Å². The van der Waals surface area contributed by atoms with Crippen molar-refractivity contribution in [1.82, 2.24) is 4.90 Å². The van der Waals surface area contributed by atoms with Crippen molar-refractivity contribution in [3.8, 4) is 0 Å². The first-order valence-corrected chi connectivity index (χ1v) is 6.33. The molecule has 1 aliphatic rings. The Kier molecular flexibility index (Phi) is 4.37. The number of nitrogens with zero attached hydrogens (tertiary/aromatic N) is 1. The molecule has 3 atom stereocenters. The molecule has 2 N–H and O–H groups in total. The number of likely N-dealkylation sites (tertiary alicyclic amines) is 1. The van der Waals surface area contributed by atoms with Crippen LogP contribution in [0.2, 0.25) is 0 Å². The second kappa shape index (κ2) is 5.26. The van der Waals surface area contributed by atoms with Crippen molar-refractivity contribution >= 4 is 11.9 Å². The Balaban J connectivity index is 2.69. The number of carboxylic acid groups (broad SMARTS) is 1. The summed E-state index contributed by atoms with van der Waals surface area (Å²) in [7, 11) is 0. The summed E-state index contributed by atoms with van der Waals surface area (Å²) >= 11 is 0. The summed E-state index contributed by atoms with van der Waals surface area (Å²) in [6.45, 7) is 8.28. The standard InChI is InChI=1S/C13H23NO4/c1-8(13(2,3)4)5-11(16)14-7-9(15)6-10(14)12(17)18/h8-10,15H,5-7H2,1-4H3,(H,17,18)/t8?,9?,10-/m0/s1. The van der Waals surface area contributed by atoms with Crippen molar-refractivity contribution in [1.29, 1.82) is 0 Å². The molecule has 5 nitrogen and oxygen atoms in total. The first kappa shape index (κ1) is 15.0. The van der Waals surface area contributed by atoms with E-state index in [1.165, 1.54) is 4.90 Å². The highest BCUT2D eigenvalue weighted by atomic mass is 16.4. The minimum atomic E-state index is -1.04. The molecule has 0 aromatic rings. The summed E-state index contributed by atoms with van der Waals surface area (Å²) < 4.78 is 0. The zero-order chi connectivity index (χ0) is 14.1. The van der Waals surface area contributed by atoms with Gasteiger partial charge in [0.15, 0.2) is 0 Å². The Morgan fingerprint density at radius 2 is 1.94 bits per heavy atom. The molecular formula is C13H23NO4. The van der Waals surface area contributed by atoms with Gasteiger partial charge in [-0.15, -0.1) is 0 Å². The van der Waals surface area contributed by atoms with Crippen LogP contribution in [0.5, 0.6) is 0 Å². The maximum atomic E-state index is 12.1. The van der Waals surface area contributed by atoms with Crippen LogP contribution < -0.4 is 0 Å². The van der Waals surface area contributed by atoms with Gasteiger partial charge in [0.05, 0.1) is 6.10 Å². The fourth-order valence-electron chi connectivity index (χ4n) is 2.01. The van der Waals surface area contributed by atoms with Crippen molar-refractivity contribution in [3.05, 3.63) is 0 Å². The second-order valence-corrected chi connectivity index (χ2v) is 6.26. The summed E-state index contributed by atoms with van der Waals surface area (Å²) in [6, 6.07) is -0.875. The van der Waals surface area contributed by atoms with Crippen LogP contribution in [0.4, 0.5) is 0 Å². The fraction of sp³-hybridized carbons (Fsp3) is 0.846. The summed E-state index contributed by atoms with van der Waals surface area (Å²) in [5.41, 5.74) is 0.00667. The fourth-order valence-corrected chi connectivity index (χ4v) is 2.01. The highest BCUT2D eigenvalue weighted by Crippen LogP contribution is 2.30. The molecule has 2 unspecified atom stereocenters. The van der Waals surface area contributed by atoms with Gasteiger partial charge in [-0.3, -0.25) is 4.79 Å². The zero-order valence-corrected chi connectivity index (χ0v) is 11.5. The molecule has 1 aliphatic heterocycles. The first-order chi connectivity index (χ1) is 8.12. The average Bonchev–Trinajstić information content (AvgIpc) is 2.58. The van der Waals surface area contributed by atoms with Gasteiger partial charge in [0.1, 0.15) is 6.04 Å². The van der Waals surface area contributed by atoms with Crippen LogP contribution in [0.1, 0.15) is 40.5 Å². The predicted molar refractivity (Wildman–Crippen MR) is 67.0 cm³/mol. The molecule has 0 bridgehead atoms. The van der Waals surface area contributed by atoms with Crippen LogP contribution in [0.15, 0.2) is 0 Å². The predicted octanol–water partition coefficient (Wildman–Crippen LogP) is 1.11. The van der Waals surface area contributed by atoms with Gasteiger partial charge in [-0.1, -0.05) is 27.7 Å². The van der Waals surface area contributed by atoms with Crippen LogP contribution in [0, 0.1) is 11.3 Å². The van der Waals surface area contributed by atoms with E-state index in [9.17, 15) is 14.7 Å². The number of amides is 1. The third kappa shape index (κ3) is 3.45. The Morgan fingerprint density at radius 3 is 2.39 bits per heavy atom. The highest BCUT2D eigenvalue weighted by Gasteiger charge is 2.39. The van der Waals surface area contributed by atoms with E-state index in [1.54, 1.807) is 0 Å². The van der Waals surface area contributed by atoms with Crippen LogP contribution in [-0.4, -0.2) is 45.7 Å². The molecule has 0 spiro atoms. The number of aliphatic hydroxyl groups excluding tert-OH is 1. The van der Waals surface area contributed by atoms with Gasteiger partial charge < -0.3 is 15.1 Å². The molecule has 0 aliphatic carbocycles. The minimum absolute atomic E-state index is 0.00667. The van der Waals surface area contributed by atoms with Gasteiger partial charge in [-0.2, -0.15) is 0 Å². The highest BCUT2D eigenvalue weighted by molar-refractivity contribution is 5.84. The Morgan fingerprint density at radius 1 is 1.39 bits per heavy atom. The number of β-amino-alcohol motifs (C(OH)–C–C–N with tert-alkyl or cyclic N) is 1. The number of carbonyl (C=O) groups excluding carboxylic acids is 1. The van der Waals surface area contributed by atoms with Gasteiger partial charge in [0, 0.05) is 19.4 Å². The monoisotopic (exact) mass is 257 g/mol.